The summed E-state index contributed by atoms with van der Waals surface area (Å²) in [6.45, 7) is 13.2. The van der Waals surface area contributed by atoms with Gasteiger partial charge in [-0.05, 0) is 51.7 Å². The van der Waals surface area contributed by atoms with Gasteiger partial charge in [-0.25, -0.2) is 0 Å². The zero-order valence-corrected chi connectivity index (χ0v) is 13.5. The first-order chi connectivity index (χ1) is 8.60. The van der Waals surface area contributed by atoms with Crippen LogP contribution >= 0.6 is 0 Å². The lowest BCUT2D eigenvalue weighted by Gasteiger charge is -2.29. The summed E-state index contributed by atoms with van der Waals surface area (Å²) < 4.78 is 0. The van der Waals surface area contributed by atoms with Crippen molar-refractivity contribution in [3.8, 4) is 0 Å². The molecule has 0 rings (SSSR count). The predicted octanol–water partition coefficient (Wildman–Crippen LogP) is 2.59. The van der Waals surface area contributed by atoms with Crippen molar-refractivity contribution >= 4 is 5.97 Å². The molecule has 0 spiro atoms. The van der Waals surface area contributed by atoms with Crippen LogP contribution in [0.1, 0.15) is 53.9 Å². The van der Waals surface area contributed by atoms with Crippen LogP contribution in [0.2, 0.25) is 0 Å². The van der Waals surface area contributed by atoms with Crippen LogP contribution in [0.4, 0.5) is 0 Å². The molecule has 0 aliphatic heterocycles. The van der Waals surface area contributed by atoms with Crippen molar-refractivity contribution in [3.05, 3.63) is 0 Å². The lowest BCUT2D eigenvalue weighted by Crippen LogP contribution is -2.50. The summed E-state index contributed by atoms with van der Waals surface area (Å²) in [5.74, 6) is -0.751. The van der Waals surface area contributed by atoms with Gasteiger partial charge in [-0.15, -0.1) is 0 Å². The summed E-state index contributed by atoms with van der Waals surface area (Å²) in [5.41, 5.74) is -0.510. The molecular formula is C15H32N2O2. The third-order valence-electron chi connectivity index (χ3n) is 3.20. The van der Waals surface area contributed by atoms with Crippen LogP contribution in [0.3, 0.4) is 0 Å². The Kier molecular flexibility index (Phi) is 7.60. The molecule has 0 amide bonds. The van der Waals surface area contributed by atoms with Gasteiger partial charge in [0.25, 0.3) is 0 Å². The molecule has 2 N–H and O–H groups in total. The van der Waals surface area contributed by atoms with Gasteiger partial charge in [0.1, 0.15) is 5.54 Å². The van der Waals surface area contributed by atoms with E-state index in [0.717, 1.165) is 32.5 Å². The van der Waals surface area contributed by atoms with Gasteiger partial charge >= 0.3 is 5.97 Å². The number of nitrogens with one attached hydrogen (secondary N) is 1. The molecule has 4 heteroatoms. The highest BCUT2D eigenvalue weighted by Gasteiger charge is 2.31. The van der Waals surface area contributed by atoms with Crippen LogP contribution < -0.4 is 5.32 Å². The average Bonchev–Trinajstić information content (AvgIpc) is 2.23. The van der Waals surface area contributed by atoms with Crippen molar-refractivity contribution in [3.63, 3.8) is 0 Å². The Morgan fingerprint density at radius 3 is 2.26 bits per heavy atom. The summed E-state index contributed by atoms with van der Waals surface area (Å²) in [5, 5.41) is 12.5. The second-order valence-corrected chi connectivity index (χ2v) is 6.97. The Morgan fingerprint density at radius 1 is 1.26 bits per heavy atom. The maximum absolute atomic E-state index is 11.4. The van der Waals surface area contributed by atoms with Gasteiger partial charge < -0.3 is 15.3 Å². The third-order valence-corrected chi connectivity index (χ3v) is 3.20. The van der Waals surface area contributed by atoms with E-state index in [1.165, 1.54) is 0 Å². The van der Waals surface area contributed by atoms with Gasteiger partial charge in [-0.2, -0.15) is 0 Å². The molecule has 114 valence electrons. The van der Waals surface area contributed by atoms with Crippen LogP contribution in [0.5, 0.6) is 0 Å². The molecule has 0 aromatic rings. The molecule has 0 radical (unpaired) electrons. The summed E-state index contributed by atoms with van der Waals surface area (Å²) in [4.78, 5) is 13.6. The van der Waals surface area contributed by atoms with Gasteiger partial charge in [0.2, 0.25) is 0 Å². The smallest absolute Gasteiger partial charge is 0.323 e. The fourth-order valence-corrected chi connectivity index (χ4v) is 2.26. The lowest BCUT2D eigenvalue weighted by molar-refractivity contribution is -0.144. The third kappa shape index (κ3) is 8.22. The fraction of sp³-hybridized carbons (Fsp3) is 0.933. The first-order valence-corrected chi connectivity index (χ1v) is 7.28. The Bertz CT molecular complexity index is 274. The molecule has 1 atom stereocenters. The molecule has 0 aliphatic carbocycles. The maximum atomic E-state index is 11.4. The van der Waals surface area contributed by atoms with E-state index in [0.29, 0.717) is 6.42 Å². The van der Waals surface area contributed by atoms with Crippen molar-refractivity contribution in [2.24, 2.45) is 5.41 Å². The summed E-state index contributed by atoms with van der Waals surface area (Å²) in [6, 6.07) is 0. The highest BCUT2D eigenvalue weighted by molar-refractivity contribution is 5.78. The van der Waals surface area contributed by atoms with Crippen molar-refractivity contribution in [1.82, 2.24) is 10.2 Å². The minimum atomic E-state index is -0.793. The molecular weight excluding hydrogens is 240 g/mol. The van der Waals surface area contributed by atoms with Crippen molar-refractivity contribution < 1.29 is 9.90 Å². The molecule has 0 aromatic heterocycles. The lowest BCUT2D eigenvalue weighted by atomic mass is 9.94. The molecule has 0 aromatic carbocycles. The molecule has 0 bridgehead atoms. The zero-order valence-electron chi connectivity index (χ0n) is 13.5. The molecule has 0 fully saturated rings. The van der Waals surface area contributed by atoms with Crippen LogP contribution in [0.15, 0.2) is 0 Å². The van der Waals surface area contributed by atoms with E-state index in [2.05, 4.69) is 38.0 Å². The van der Waals surface area contributed by atoms with Gasteiger partial charge in [0.05, 0.1) is 0 Å². The molecule has 1 unspecified atom stereocenters. The highest BCUT2D eigenvalue weighted by atomic mass is 16.4. The average molecular weight is 272 g/mol. The number of hydrogen-bond acceptors (Lipinski definition) is 3. The number of aliphatic carboxylic acids is 1. The zero-order chi connectivity index (χ0) is 15.1. The van der Waals surface area contributed by atoms with E-state index in [1.807, 2.05) is 6.92 Å². The number of carbonyl (C=O) groups is 1. The van der Waals surface area contributed by atoms with E-state index in [-0.39, 0.29) is 5.41 Å². The van der Waals surface area contributed by atoms with E-state index in [9.17, 15) is 9.90 Å². The van der Waals surface area contributed by atoms with Gasteiger partial charge in [0.15, 0.2) is 0 Å². The Labute approximate surface area is 118 Å². The SMILES string of the molecule is CCCNC(C)(CCCN(C)CC(C)(C)C)C(=O)O. The van der Waals surface area contributed by atoms with Gasteiger partial charge in [-0.3, -0.25) is 4.79 Å². The molecule has 19 heavy (non-hydrogen) atoms. The van der Waals surface area contributed by atoms with E-state index in [1.54, 1.807) is 6.92 Å². The molecule has 0 saturated carbocycles. The molecule has 0 heterocycles. The Morgan fingerprint density at radius 2 is 1.84 bits per heavy atom. The molecule has 4 nitrogen and oxygen atoms in total. The van der Waals surface area contributed by atoms with Gasteiger partial charge in [0, 0.05) is 6.54 Å². The van der Waals surface area contributed by atoms with Gasteiger partial charge in [-0.1, -0.05) is 27.7 Å². The first kappa shape index (κ1) is 18.4. The van der Waals surface area contributed by atoms with Crippen LogP contribution in [-0.2, 0) is 4.79 Å². The largest absolute Gasteiger partial charge is 0.480 e. The normalized spacial score (nSPS) is 15.5. The standard InChI is InChI=1S/C15H32N2O2/c1-7-10-16-15(5,13(18)19)9-8-11-17(6)12-14(2,3)4/h16H,7-12H2,1-6H3,(H,18,19). The fourth-order valence-electron chi connectivity index (χ4n) is 2.26. The van der Waals surface area contributed by atoms with E-state index >= 15 is 0 Å². The monoisotopic (exact) mass is 272 g/mol. The van der Waals surface area contributed by atoms with Crippen molar-refractivity contribution in [2.45, 2.75) is 59.4 Å². The van der Waals surface area contributed by atoms with Crippen molar-refractivity contribution in [2.75, 3.05) is 26.7 Å². The summed E-state index contributed by atoms with van der Waals surface area (Å²) in [6.07, 6.45) is 2.51. The Hall–Kier alpha value is -0.610. The maximum Gasteiger partial charge on any atom is 0.323 e. The Balaban J connectivity index is 4.16. The minimum absolute atomic E-state index is 0.283. The predicted molar refractivity (Wildman–Crippen MR) is 80.5 cm³/mol. The number of carboxylic acids is 1. The van der Waals surface area contributed by atoms with E-state index < -0.39 is 11.5 Å². The molecule has 0 aliphatic rings. The van der Waals surface area contributed by atoms with Crippen LogP contribution in [0.25, 0.3) is 0 Å². The second kappa shape index (κ2) is 7.85. The quantitative estimate of drug-likeness (QED) is 0.677. The topological polar surface area (TPSA) is 52.6 Å². The number of rotatable bonds is 9. The van der Waals surface area contributed by atoms with Crippen LogP contribution in [0, 0.1) is 5.41 Å². The minimum Gasteiger partial charge on any atom is -0.480 e. The first-order valence-electron chi connectivity index (χ1n) is 7.28. The number of carboxylic acid groups (broad SMARTS) is 1. The van der Waals surface area contributed by atoms with Crippen LogP contribution in [-0.4, -0.2) is 48.2 Å². The summed E-state index contributed by atoms with van der Waals surface area (Å²) >= 11 is 0. The molecule has 0 saturated heterocycles. The second-order valence-electron chi connectivity index (χ2n) is 6.97. The number of nitrogens with zero attached hydrogens (tertiary/aromatic N) is 1. The number of hydrogen-bond donors (Lipinski definition) is 2. The highest BCUT2D eigenvalue weighted by Crippen LogP contribution is 2.16. The van der Waals surface area contributed by atoms with E-state index in [4.69, 9.17) is 0 Å². The van der Waals surface area contributed by atoms with Crippen molar-refractivity contribution in [1.29, 1.82) is 0 Å². The summed E-state index contributed by atoms with van der Waals surface area (Å²) in [7, 11) is 2.10.